The minimum atomic E-state index is -0.675. The van der Waals surface area contributed by atoms with E-state index in [0.29, 0.717) is 48.5 Å². The Morgan fingerprint density at radius 2 is 1.87 bits per heavy atom. The number of allylic oxidation sites excluding steroid dienone is 1. The molecule has 0 saturated carbocycles. The molecule has 2 heterocycles. The van der Waals surface area contributed by atoms with E-state index >= 15 is 0 Å². The first kappa shape index (κ1) is 26.0. The van der Waals surface area contributed by atoms with Crippen LogP contribution in [0.5, 0.6) is 23.0 Å². The molecule has 5 rings (SSSR count). The van der Waals surface area contributed by atoms with Crippen LogP contribution in [0.2, 0.25) is 15.1 Å². The number of hydrogen-bond donors (Lipinski definition) is 1. The SMILES string of the molecule is COc1cccc(C2C(C#N)=C(N)Oc3cc(OC(=O)c4sc5cc(Cl)cc(Cl)c5c4Cl)ccc32)c1OC. The highest BCUT2D eigenvalue weighted by molar-refractivity contribution is 7.21. The lowest BCUT2D eigenvalue weighted by atomic mass is 9.83. The van der Waals surface area contributed by atoms with Gasteiger partial charge in [-0.3, -0.25) is 0 Å². The first-order valence-corrected chi connectivity index (χ1v) is 12.9. The molecule has 0 fully saturated rings. The number of carbonyl (C=O) groups is 1. The Morgan fingerprint density at radius 3 is 2.58 bits per heavy atom. The lowest BCUT2D eigenvalue weighted by Gasteiger charge is -2.28. The third-order valence-electron chi connectivity index (χ3n) is 5.98. The zero-order chi connectivity index (χ0) is 27.1. The molecule has 3 aromatic carbocycles. The molecule has 0 radical (unpaired) electrons. The predicted octanol–water partition coefficient (Wildman–Crippen LogP) is 7.32. The smallest absolute Gasteiger partial charge is 0.355 e. The molecule has 7 nitrogen and oxygen atoms in total. The molecule has 1 unspecified atom stereocenters. The van der Waals surface area contributed by atoms with Gasteiger partial charge in [0.05, 0.1) is 30.2 Å². The van der Waals surface area contributed by atoms with Crippen molar-refractivity contribution in [2.75, 3.05) is 14.2 Å². The van der Waals surface area contributed by atoms with Crippen molar-refractivity contribution in [2.45, 2.75) is 5.92 Å². The minimum Gasteiger partial charge on any atom is -0.493 e. The number of fused-ring (bicyclic) bond motifs is 2. The molecule has 4 aromatic rings. The van der Waals surface area contributed by atoms with Crippen LogP contribution in [-0.4, -0.2) is 20.2 Å². The standard InChI is InChI=1S/C27H17Cl3N2O5S/c1-34-18-5-3-4-15(24(18)35-2)21-14-7-6-13(10-19(14)37-26(32)16(21)11-31)36-27(33)25-23(30)22-17(29)8-12(28)9-20(22)38-25/h3-10,21H,32H2,1-2H3. The molecule has 0 amide bonds. The van der Waals surface area contributed by atoms with Crippen molar-refractivity contribution in [1.29, 1.82) is 5.26 Å². The molecule has 1 aliphatic heterocycles. The number of ether oxygens (including phenoxy) is 4. The molecular formula is C27H17Cl3N2O5S. The van der Waals surface area contributed by atoms with Crippen molar-refractivity contribution < 1.29 is 23.7 Å². The average Bonchev–Trinajstić information content (AvgIpc) is 3.23. The van der Waals surface area contributed by atoms with Crippen molar-refractivity contribution in [3.63, 3.8) is 0 Å². The van der Waals surface area contributed by atoms with Crippen LogP contribution in [0.4, 0.5) is 0 Å². The highest BCUT2D eigenvalue weighted by Gasteiger charge is 2.34. The third-order valence-corrected chi connectivity index (χ3v) is 8.10. The van der Waals surface area contributed by atoms with Crippen LogP contribution in [-0.2, 0) is 0 Å². The van der Waals surface area contributed by atoms with Crippen molar-refractivity contribution in [3.8, 4) is 29.1 Å². The van der Waals surface area contributed by atoms with Crippen molar-refractivity contribution in [3.05, 3.63) is 91.1 Å². The fraction of sp³-hybridized carbons (Fsp3) is 0.111. The lowest BCUT2D eigenvalue weighted by Crippen LogP contribution is -2.21. The van der Waals surface area contributed by atoms with E-state index in [2.05, 4.69) is 6.07 Å². The molecule has 11 heteroatoms. The highest BCUT2D eigenvalue weighted by atomic mass is 35.5. The molecule has 2 N–H and O–H groups in total. The van der Waals surface area contributed by atoms with Gasteiger partial charge in [-0.2, -0.15) is 5.26 Å². The number of thiophene rings is 1. The first-order valence-electron chi connectivity index (χ1n) is 11.0. The monoisotopic (exact) mass is 586 g/mol. The second kappa shape index (κ2) is 10.3. The Labute approximate surface area is 236 Å². The van der Waals surface area contributed by atoms with Crippen LogP contribution in [0.25, 0.3) is 10.1 Å². The van der Waals surface area contributed by atoms with Gasteiger partial charge in [0.25, 0.3) is 0 Å². The molecule has 1 aromatic heterocycles. The Morgan fingerprint density at radius 1 is 1.08 bits per heavy atom. The van der Waals surface area contributed by atoms with E-state index in [1.807, 2.05) is 6.07 Å². The normalized spacial score (nSPS) is 14.5. The van der Waals surface area contributed by atoms with Crippen LogP contribution in [0.15, 0.2) is 60.0 Å². The number of halogens is 3. The predicted molar refractivity (Wildman–Crippen MR) is 147 cm³/mol. The maximum absolute atomic E-state index is 13.1. The quantitative estimate of drug-likeness (QED) is 0.193. The third kappa shape index (κ3) is 4.38. The van der Waals surface area contributed by atoms with Gasteiger partial charge in [0, 0.05) is 32.3 Å². The maximum atomic E-state index is 13.1. The zero-order valence-corrected chi connectivity index (χ0v) is 22.9. The van der Waals surface area contributed by atoms with Gasteiger partial charge in [-0.15, -0.1) is 11.3 Å². The van der Waals surface area contributed by atoms with Gasteiger partial charge in [-0.25, -0.2) is 4.79 Å². The van der Waals surface area contributed by atoms with Gasteiger partial charge in [0.2, 0.25) is 5.88 Å². The lowest BCUT2D eigenvalue weighted by molar-refractivity contribution is 0.0740. The van der Waals surface area contributed by atoms with Crippen LogP contribution in [0.3, 0.4) is 0 Å². The van der Waals surface area contributed by atoms with Gasteiger partial charge in [0.1, 0.15) is 28.0 Å². The van der Waals surface area contributed by atoms with E-state index in [0.717, 1.165) is 11.3 Å². The largest absolute Gasteiger partial charge is 0.493 e. The molecule has 0 spiro atoms. The number of esters is 1. The Bertz CT molecular complexity index is 1690. The summed E-state index contributed by atoms with van der Waals surface area (Å²) in [5.41, 5.74) is 7.64. The highest BCUT2D eigenvalue weighted by Crippen LogP contribution is 2.48. The van der Waals surface area contributed by atoms with Gasteiger partial charge in [0.15, 0.2) is 11.5 Å². The number of carbonyl (C=O) groups excluding carboxylic acids is 1. The molecule has 1 aliphatic rings. The van der Waals surface area contributed by atoms with Crippen molar-refractivity contribution in [1.82, 2.24) is 0 Å². The van der Waals surface area contributed by atoms with E-state index in [1.54, 1.807) is 36.4 Å². The number of rotatable bonds is 5. The molecule has 192 valence electrons. The van der Waals surface area contributed by atoms with E-state index < -0.39 is 11.9 Å². The number of nitrogens with two attached hydrogens (primary N) is 1. The van der Waals surface area contributed by atoms with Crippen LogP contribution < -0.4 is 24.7 Å². The molecule has 38 heavy (non-hydrogen) atoms. The van der Waals surface area contributed by atoms with Gasteiger partial charge < -0.3 is 24.7 Å². The number of para-hydroxylation sites is 1. The van der Waals surface area contributed by atoms with Crippen molar-refractivity contribution >= 4 is 62.2 Å². The Balaban J connectivity index is 1.53. The summed E-state index contributed by atoms with van der Waals surface area (Å²) in [4.78, 5) is 13.2. The van der Waals surface area contributed by atoms with E-state index in [9.17, 15) is 10.1 Å². The summed E-state index contributed by atoms with van der Waals surface area (Å²) >= 11 is 20.0. The second-order valence-corrected chi connectivity index (χ2v) is 10.4. The minimum absolute atomic E-state index is 0.0718. The summed E-state index contributed by atoms with van der Waals surface area (Å²) in [6, 6.07) is 15.6. The molecule has 1 atom stereocenters. The molecule has 0 aliphatic carbocycles. The number of nitriles is 1. The molecule has 0 saturated heterocycles. The summed E-state index contributed by atoms with van der Waals surface area (Å²) in [5.74, 6) is 0.115. The van der Waals surface area contributed by atoms with Crippen LogP contribution in [0.1, 0.15) is 26.7 Å². The second-order valence-electron chi connectivity index (χ2n) is 8.10. The summed E-state index contributed by atoms with van der Waals surface area (Å²) in [5, 5.41) is 11.4. The molecular weight excluding hydrogens is 571 g/mol. The van der Waals surface area contributed by atoms with E-state index in [1.165, 1.54) is 20.3 Å². The fourth-order valence-corrected chi connectivity index (χ4v) is 6.60. The van der Waals surface area contributed by atoms with E-state index in [-0.39, 0.29) is 27.1 Å². The van der Waals surface area contributed by atoms with Gasteiger partial charge in [-0.1, -0.05) is 53.0 Å². The number of hydrogen-bond acceptors (Lipinski definition) is 8. The number of methoxy groups -OCH3 is 2. The van der Waals surface area contributed by atoms with Crippen LogP contribution in [0, 0.1) is 11.3 Å². The maximum Gasteiger partial charge on any atom is 0.355 e. The van der Waals surface area contributed by atoms with Gasteiger partial charge in [-0.05, 0) is 24.3 Å². The fourth-order valence-electron chi connectivity index (χ4n) is 4.35. The Hall–Kier alpha value is -3.61. The van der Waals surface area contributed by atoms with Crippen molar-refractivity contribution in [2.24, 2.45) is 5.73 Å². The average molecular weight is 588 g/mol. The topological polar surface area (TPSA) is 104 Å². The number of benzene rings is 3. The summed E-state index contributed by atoms with van der Waals surface area (Å²) in [6.07, 6.45) is 0. The van der Waals surface area contributed by atoms with Crippen LogP contribution >= 0.6 is 46.1 Å². The molecule has 0 bridgehead atoms. The number of nitrogens with zero attached hydrogens (tertiary/aromatic N) is 1. The summed E-state index contributed by atoms with van der Waals surface area (Å²) in [6.45, 7) is 0. The summed E-state index contributed by atoms with van der Waals surface area (Å²) in [7, 11) is 3.05. The zero-order valence-electron chi connectivity index (χ0n) is 19.8. The van der Waals surface area contributed by atoms with E-state index in [4.69, 9.17) is 59.5 Å². The van der Waals surface area contributed by atoms with Gasteiger partial charge >= 0.3 is 5.97 Å². The summed E-state index contributed by atoms with van der Waals surface area (Å²) < 4.78 is 23.1. The first-order chi connectivity index (χ1) is 18.3. The Kier molecular flexibility index (Phi) is 7.03.